The van der Waals surface area contributed by atoms with Crippen molar-refractivity contribution in [2.24, 2.45) is 10.8 Å². The van der Waals surface area contributed by atoms with Gasteiger partial charge in [-0.3, -0.25) is 19.8 Å². The summed E-state index contributed by atoms with van der Waals surface area (Å²) in [5.74, 6) is -0.314. The molecule has 76 heavy (non-hydrogen) atoms. The van der Waals surface area contributed by atoms with Crippen LogP contribution >= 0.6 is 0 Å². The van der Waals surface area contributed by atoms with E-state index in [4.69, 9.17) is 0 Å². The molecule has 4 aromatic rings. The fourth-order valence-corrected chi connectivity index (χ4v) is 7.28. The van der Waals surface area contributed by atoms with Crippen molar-refractivity contribution in [2.75, 3.05) is 45.3 Å². The summed E-state index contributed by atoms with van der Waals surface area (Å²) >= 11 is 0. The van der Waals surface area contributed by atoms with Crippen molar-refractivity contribution < 1.29 is 82.5 Å². The van der Waals surface area contributed by atoms with E-state index in [1.165, 1.54) is 36.7 Å². The Kier molecular flexibility index (Phi) is 18.9. The van der Waals surface area contributed by atoms with Gasteiger partial charge in [0.05, 0.1) is 55.0 Å². The zero-order valence-corrected chi connectivity index (χ0v) is 41.2. The second kappa shape index (κ2) is 24.3. The number of aliphatic hydroxyl groups excluding tert-OH is 1. The number of methoxy groups -OCH3 is 2. The predicted molar refractivity (Wildman–Crippen MR) is 247 cm³/mol. The molecule has 1 fully saturated rings. The van der Waals surface area contributed by atoms with Crippen LogP contribution in [0, 0.1) is 34.3 Å². The molecule has 1 aliphatic rings. The number of carbonyl (C=O) groups excluding carboxylic acids is 5. The number of halogens is 10. The van der Waals surface area contributed by atoms with Crippen LogP contribution in [-0.2, 0) is 36.8 Å². The summed E-state index contributed by atoms with van der Waals surface area (Å²) in [5, 5.41) is 24.6. The maximum absolute atomic E-state index is 16.0. The molecule has 3 heterocycles. The summed E-state index contributed by atoms with van der Waals surface area (Å²) in [6.45, 7) is -2.30. The average molecular weight is 1090 g/mol. The fourth-order valence-electron chi connectivity index (χ4n) is 7.28. The monoisotopic (exact) mass is 1090 g/mol. The minimum absolute atomic E-state index is 0.0595. The molecule has 1 aliphatic heterocycles. The topological polar surface area (TPSA) is 234 Å². The Morgan fingerprint density at radius 2 is 1.36 bits per heavy atom. The van der Waals surface area contributed by atoms with Gasteiger partial charge in [-0.2, -0.15) is 40.2 Å². The van der Waals surface area contributed by atoms with Gasteiger partial charge in [0.15, 0.2) is 0 Å². The largest absolute Gasteiger partial charge is 0.453 e. The Balaban J connectivity index is 1.54. The molecular formula is C47H51F10N11O8. The van der Waals surface area contributed by atoms with Crippen molar-refractivity contribution in [2.45, 2.75) is 83.8 Å². The van der Waals surface area contributed by atoms with Crippen molar-refractivity contribution in [3.8, 4) is 23.1 Å². The number of aliphatic hydroxyl groups is 1. The Labute approximate surface area is 427 Å². The minimum atomic E-state index is -5.24. The lowest BCUT2D eigenvalue weighted by Gasteiger charge is -2.38. The molecule has 412 valence electrons. The first-order chi connectivity index (χ1) is 35.4. The number of hydrazine groups is 1. The van der Waals surface area contributed by atoms with Gasteiger partial charge in [-0.1, -0.05) is 24.0 Å². The van der Waals surface area contributed by atoms with Crippen LogP contribution in [0.25, 0.3) is 11.3 Å². The molecule has 6 N–H and O–H groups in total. The van der Waals surface area contributed by atoms with Gasteiger partial charge in [-0.25, -0.2) is 38.0 Å². The number of piperazine rings is 1. The number of aromatic nitrogens is 4. The van der Waals surface area contributed by atoms with Crippen molar-refractivity contribution in [1.29, 1.82) is 0 Å². The normalized spacial score (nSPS) is 14.9. The van der Waals surface area contributed by atoms with Crippen LogP contribution in [0.3, 0.4) is 0 Å². The van der Waals surface area contributed by atoms with Crippen LogP contribution in [0.5, 0.6) is 0 Å². The Hall–Kier alpha value is -7.74. The van der Waals surface area contributed by atoms with Crippen LogP contribution in [0.4, 0.5) is 59.4 Å². The number of ether oxygens (including phenoxy) is 2. The third-order valence-corrected chi connectivity index (χ3v) is 12.1. The van der Waals surface area contributed by atoms with Crippen LogP contribution in [0.15, 0.2) is 61.1 Å². The number of nitrogens with one attached hydrogen (secondary N) is 5. The number of hydrogen-bond acceptors (Lipinski definition) is 13. The first-order valence-electron chi connectivity index (χ1n) is 22.6. The number of nitrogens with zero attached hydrogens (tertiary/aromatic N) is 6. The van der Waals surface area contributed by atoms with Gasteiger partial charge < -0.3 is 40.7 Å². The molecule has 0 aliphatic carbocycles. The molecule has 0 bridgehead atoms. The number of anilines is 1. The van der Waals surface area contributed by atoms with Crippen molar-refractivity contribution >= 4 is 35.9 Å². The van der Waals surface area contributed by atoms with E-state index >= 15 is 8.78 Å². The molecule has 4 atom stereocenters. The number of rotatable bonds is 18. The molecule has 0 spiro atoms. The molecule has 0 radical (unpaired) electrons. The number of carbonyl (C=O) groups is 5. The molecule has 0 unspecified atom stereocenters. The summed E-state index contributed by atoms with van der Waals surface area (Å²) in [6, 6.07) is 1.25. The number of benzene rings is 2. The molecule has 2 aromatic heterocycles. The van der Waals surface area contributed by atoms with Gasteiger partial charge in [0.2, 0.25) is 17.8 Å². The lowest BCUT2D eigenvalue weighted by Crippen LogP contribution is -2.63. The van der Waals surface area contributed by atoms with Crippen molar-refractivity contribution in [3.05, 3.63) is 94.9 Å². The van der Waals surface area contributed by atoms with E-state index in [-0.39, 0.29) is 34.0 Å². The second-order valence-electron chi connectivity index (χ2n) is 18.2. The van der Waals surface area contributed by atoms with Crippen LogP contribution in [-0.4, -0.2) is 137 Å². The van der Waals surface area contributed by atoms with Gasteiger partial charge in [-0.05, 0) is 70.0 Å². The minimum Gasteiger partial charge on any atom is -0.453 e. The Bertz CT molecular complexity index is 2760. The van der Waals surface area contributed by atoms with Crippen LogP contribution in [0.2, 0.25) is 0 Å². The summed E-state index contributed by atoms with van der Waals surface area (Å²) in [7, 11) is 1.57. The summed E-state index contributed by atoms with van der Waals surface area (Å²) in [4.78, 5) is 74.6. The van der Waals surface area contributed by atoms with Gasteiger partial charge in [0, 0.05) is 61.5 Å². The molecular weight excluding hydrogens is 1040 g/mol. The van der Waals surface area contributed by atoms with E-state index in [1.807, 2.05) is 10.7 Å². The number of amides is 5. The van der Waals surface area contributed by atoms with E-state index in [2.05, 4.69) is 47.0 Å². The van der Waals surface area contributed by atoms with E-state index in [0.717, 1.165) is 26.5 Å². The maximum atomic E-state index is 16.0. The molecule has 19 nitrogen and oxygen atoms in total. The first-order valence-corrected chi connectivity index (χ1v) is 22.6. The van der Waals surface area contributed by atoms with Crippen molar-refractivity contribution in [1.82, 2.24) is 51.5 Å². The molecule has 5 amide bonds. The highest BCUT2D eigenvalue weighted by Crippen LogP contribution is 2.42. The zero-order valence-electron chi connectivity index (χ0n) is 41.2. The lowest BCUT2D eigenvalue weighted by atomic mass is 9.82. The van der Waals surface area contributed by atoms with Gasteiger partial charge in [0.25, 0.3) is 5.91 Å². The SMILES string of the molecule is COC(=O)N[C@H](C(=O)N[C@@H](Cc1ccc(C#Cc2cnc(N3CCNC(=O)C3)nc2)cc1)[C@@H](O)CN(Cc1c(F)cc(-c2ccn(C(F)F)n2)cc1F)NC(=O)[C@@H](NC(=O)OC)C(C)(C)C(F)(F)F)C(C)(C)C(F)(F)F. The van der Waals surface area contributed by atoms with E-state index in [1.54, 1.807) is 10.2 Å². The fraction of sp³-hybridized carbons (Fsp3) is 0.447. The summed E-state index contributed by atoms with van der Waals surface area (Å²) in [5.41, 5.74) is -4.84. The number of alkyl halides is 8. The van der Waals surface area contributed by atoms with Crippen LogP contribution < -0.4 is 31.6 Å². The molecule has 5 rings (SSSR count). The maximum Gasteiger partial charge on any atom is 0.407 e. The molecule has 1 saturated heterocycles. The number of hydrogen-bond donors (Lipinski definition) is 6. The lowest BCUT2D eigenvalue weighted by molar-refractivity contribution is -0.221. The van der Waals surface area contributed by atoms with E-state index < -0.39 is 115 Å². The van der Waals surface area contributed by atoms with E-state index in [9.17, 15) is 64.2 Å². The standard InChI is InChI=1S/C47H51F10N11O8/c1-44(2,46(52,53)54)36(62-42(73)75-5)38(71)61-33(17-26-10-7-25(8-11-26)9-12-27-20-59-41(60-21-27)66-16-14-58-35(70)24-66)34(69)23-67(65-39(72)37(63-43(74)76-6)45(3,4)47(55,56)57)22-29-30(48)18-28(19-31(29)49)32-13-15-68(64-32)40(50)51/h7-8,10-11,13,15,18-21,33-34,36-37,40,69H,14,16-17,22-24H2,1-6H3,(H,58,70)(H,61,71)(H,62,73)(H,63,74)(H,65,72)/t33-,34-,36+,37+/m0/s1. The molecule has 29 heteroatoms. The third-order valence-electron chi connectivity index (χ3n) is 12.1. The Morgan fingerprint density at radius 3 is 1.86 bits per heavy atom. The highest BCUT2D eigenvalue weighted by molar-refractivity contribution is 5.87. The summed E-state index contributed by atoms with van der Waals surface area (Å²) in [6.07, 6.45) is -12.5. The summed E-state index contributed by atoms with van der Waals surface area (Å²) < 4.78 is 154. The van der Waals surface area contributed by atoms with Gasteiger partial charge >= 0.3 is 31.1 Å². The predicted octanol–water partition coefficient (Wildman–Crippen LogP) is 4.90. The van der Waals surface area contributed by atoms with Gasteiger partial charge in [0.1, 0.15) is 23.7 Å². The van der Waals surface area contributed by atoms with E-state index in [0.29, 0.717) is 75.0 Å². The second-order valence-corrected chi connectivity index (χ2v) is 18.2. The smallest absolute Gasteiger partial charge is 0.407 e. The van der Waals surface area contributed by atoms with Gasteiger partial charge in [-0.15, -0.1) is 0 Å². The molecule has 0 saturated carbocycles. The quantitative estimate of drug-likeness (QED) is 0.0443. The first kappa shape index (κ1) is 59.1. The highest BCUT2D eigenvalue weighted by atomic mass is 19.4. The third kappa shape index (κ3) is 14.8. The highest BCUT2D eigenvalue weighted by Gasteiger charge is 2.57. The zero-order chi connectivity index (χ0) is 56.5. The average Bonchev–Trinajstić information content (AvgIpc) is 3.86. The molecule has 2 aromatic carbocycles. The Morgan fingerprint density at radius 1 is 0.816 bits per heavy atom. The van der Waals surface area contributed by atoms with Crippen molar-refractivity contribution in [3.63, 3.8) is 0 Å². The van der Waals surface area contributed by atoms with Crippen LogP contribution in [0.1, 0.15) is 56.5 Å². The number of alkyl carbamates (subject to hydrolysis) is 2.